The lowest BCUT2D eigenvalue weighted by atomic mass is 10.2. The molecule has 2 saturated heterocycles. The highest BCUT2D eigenvalue weighted by atomic mass is 32.1. The maximum Gasteiger partial charge on any atom is 0.257 e. The molecular weight excluding hydrogens is 348 g/mol. The van der Waals surface area contributed by atoms with Crippen molar-refractivity contribution in [3.8, 4) is 0 Å². The van der Waals surface area contributed by atoms with E-state index in [1.807, 2.05) is 38.8 Å². The van der Waals surface area contributed by atoms with Crippen molar-refractivity contribution < 1.29 is 9.59 Å². The maximum absolute atomic E-state index is 13.0. The van der Waals surface area contributed by atoms with Crippen LogP contribution in [0.3, 0.4) is 0 Å². The smallest absolute Gasteiger partial charge is 0.257 e. The molecule has 2 fully saturated rings. The summed E-state index contributed by atoms with van der Waals surface area (Å²) >= 11 is 1.52. The van der Waals surface area contributed by atoms with Crippen LogP contribution >= 0.6 is 11.3 Å². The van der Waals surface area contributed by atoms with Crippen molar-refractivity contribution in [2.45, 2.75) is 12.8 Å². The average molecular weight is 370 g/mol. The fraction of sp³-hybridized carbons (Fsp3) is 0.421. The second kappa shape index (κ2) is 7.45. The Kier molecular flexibility index (Phi) is 4.88. The van der Waals surface area contributed by atoms with E-state index < -0.39 is 0 Å². The Morgan fingerprint density at radius 2 is 1.62 bits per heavy atom. The zero-order valence-electron chi connectivity index (χ0n) is 14.6. The van der Waals surface area contributed by atoms with E-state index in [1.54, 1.807) is 6.20 Å². The van der Waals surface area contributed by atoms with Gasteiger partial charge in [-0.2, -0.15) is 11.3 Å². The first-order chi connectivity index (χ1) is 12.7. The Labute approximate surface area is 157 Å². The molecule has 0 atom stereocenters. The Balaban J connectivity index is 1.43. The Morgan fingerprint density at radius 1 is 0.923 bits per heavy atom. The predicted octanol–water partition coefficient (Wildman–Crippen LogP) is 2.34. The van der Waals surface area contributed by atoms with Gasteiger partial charge in [-0.1, -0.05) is 0 Å². The number of carbonyl (C=O) groups is 2. The van der Waals surface area contributed by atoms with Crippen LogP contribution in [0.1, 0.15) is 33.6 Å². The molecule has 6 nitrogen and oxygen atoms in total. The Bertz CT molecular complexity index is 779. The summed E-state index contributed by atoms with van der Waals surface area (Å²) in [5.74, 6) is 0.867. The molecule has 0 unspecified atom stereocenters. The minimum absolute atomic E-state index is 0.0163. The maximum atomic E-state index is 13.0. The van der Waals surface area contributed by atoms with Crippen molar-refractivity contribution in [2.24, 2.45) is 0 Å². The number of carbonyl (C=O) groups excluding carboxylic acids is 2. The first-order valence-electron chi connectivity index (χ1n) is 9.05. The summed E-state index contributed by atoms with van der Waals surface area (Å²) in [6, 6.07) is 5.54. The van der Waals surface area contributed by atoms with Gasteiger partial charge in [0.15, 0.2) is 0 Å². The van der Waals surface area contributed by atoms with Gasteiger partial charge in [-0.25, -0.2) is 4.98 Å². The number of piperazine rings is 1. The molecule has 0 radical (unpaired) electrons. The third kappa shape index (κ3) is 3.31. The van der Waals surface area contributed by atoms with E-state index in [9.17, 15) is 9.59 Å². The van der Waals surface area contributed by atoms with E-state index in [4.69, 9.17) is 0 Å². The second-order valence-corrected chi connectivity index (χ2v) is 7.45. The van der Waals surface area contributed by atoms with Gasteiger partial charge >= 0.3 is 0 Å². The monoisotopic (exact) mass is 370 g/mol. The molecule has 0 spiro atoms. The number of hydrogen-bond acceptors (Lipinski definition) is 5. The number of rotatable bonds is 3. The fourth-order valence-electron chi connectivity index (χ4n) is 3.60. The van der Waals surface area contributed by atoms with Gasteiger partial charge in [0.25, 0.3) is 11.8 Å². The van der Waals surface area contributed by atoms with Crippen molar-refractivity contribution in [1.82, 2.24) is 14.8 Å². The number of amides is 2. The Hall–Kier alpha value is -2.41. The van der Waals surface area contributed by atoms with Crippen LogP contribution in [0.5, 0.6) is 0 Å². The van der Waals surface area contributed by atoms with Crippen molar-refractivity contribution in [3.05, 3.63) is 46.3 Å². The molecule has 2 aliphatic rings. The number of aromatic nitrogens is 1. The average Bonchev–Trinajstić information content (AvgIpc) is 3.41. The molecular formula is C19H22N4O2S. The van der Waals surface area contributed by atoms with Crippen LogP contribution in [0.15, 0.2) is 35.2 Å². The van der Waals surface area contributed by atoms with Gasteiger partial charge in [-0.3, -0.25) is 9.59 Å². The molecule has 0 N–H and O–H groups in total. The van der Waals surface area contributed by atoms with E-state index in [2.05, 4.69) is 9.88 Å². The minimum Gasteiger partial charge on any atom is -0.356 e. The zero-order valence-corrected chi connectivity index (χ0v) is 15.5. The highest BCUT2D eigenvalue weighted by molar-refractivity contribution is 7.08. The lowest BCUT2D eigenvalue weighted by Crippen LogP contribution is -2.50. The van der Waals surface area contributed by atoms with Crippen LogP contribution in [0.4, 0.5) is 5.82 Å². The molecule has 2 amide bonds. The summed E-state index contributed by atoms with van der Waals surface area (Å²) < 4.78 is 0. The molecule has 2 aliphatic heterocycles. The van der Waals surface area contributed by atoms with Crippen molar-refractivity contribution in [3.63, 3.8) is 0 Å². The number of hydrogen-bond donors (Lipinski definition) is 0. The van der Waals surface area contributed by atoms with E-state index in [0.29, 0.717) is 31.7 Å². The number of nitrogens with zero attached hydrogens (tertiary/aromatic N) is 4. The van der Waals surface area contributed by atoms with Gasteiger partial charge in [0, 0.05) is 50.8 Å². The van der Waals surface area contributed by atoms with Gasteiger partial charge < -0.3 is 14.7 Å². The molecule has 7 heteroatoms. The summed E-state index contributed by atoms with van der Waals surface area (Å²) in [6.07, 6.45) is 4.04. The lowest BCUT2D eigenvalue weighted by Gasteiger charge is -2.35. The van der Waals surface area contributed by atoms with Gasteiger partial charge in [0.05, 0.1) is 11.1 Å². The molecule has 4 rings (SSSR count). The Morgan fingerprint density at radius 3 is 2.27 bits per heavy atom. The predicted molar refractivity (Wildman–Crippen MR) is 102 cm³/mol. The van der Waals surface area contributed by atoms with Crippen LogP contribution in [0, 0.1) is 0 Å². The SMILES string of the molecule is O=C(c1ccsc1)N1CCN(C(=O)c2cccnc2N2CCCC2)CC1. The molecule has 2 aromatic heterocycles. The van der Waals surface area contributed by atoms with Gasteiger partial charge in [0.2, 0.25) is 0 Å². The van der Waals surface area contributed by atoms with Crippen LogP contribution in [-0.2, 0) is 0 Å². The van der Waals surface area contributed by atoms with Crippen molar-refractivity contribution >= 4 is 29.0 Å². The fourth-order valence-corrected chi connectivity index (χ4v) is 4.23. The molecule has 0 aromatic carbocycles. The lowest BCUT2D eigenvalue weighted by molar-refractivity contribution is 0.0536. The summed E-state index contributed by atoms with van der Waals surface area (Å²) in [7, 11) is 0. The van der Waals surface area contributed by atoms with Crippen molar-refractivity contribution in [2.75, 3.05) is 44.2 Å². The number of pyridine rings is 1. The van der Waals surface area contributed by atoms with E-state index in [-0.39, 0.29) is 11.8 Å². The number of thiophene rings is 1. The molecule has 4 heterocycles. The summed E-state index contributed by atoms with van der Waals surface area (Å²) in [5.41, 5.74) is 1.41. The van der Waals surface area contributed by atoms with Crippen LogP contribution in [0.2, 0.25) is 0 Å². The highest BCUT2D eigenvalue weighted by Gasteiger charge is 2.28. The highest BCUT2D eigenvalue weighted by Crippen LogP contribution is 2.24. The molecule has 0 saturated carbocycles. The first-order valence-corrected chi connectivity index (χ1v) is 9.99. The normalized spacial score (nSPS) is 17.6. The topological polar surface area (TPSA) is 56.8 Å². The van der Waals surface area contributed by atoms with Crippen LogP contribution in [0.25, 0.3) is 0 Å². The first kappa shape index (κ1) is 17.0. The van der Waals surface area contributed by atoms with E-state index in [0.717, 1.165) is 37.3 Å². The summed E-state index contributed by atoms with van der Waals surface area (Å²) in [6.45, 7) is 4.17. The zero-order chi connectivity index (χ0) is 17.9. The van der Waals surface area contributed by atoms with E-state index >= 15 is 0 Å². The summed E-state index contributed by atoms with van der Waals surface area (Å²) in [4.78, 5) is 35.8. The third-order valence-corrected chi connectivity index (χ3v) is 5.73. The largest absolute Gasteiger partial charge is 0.356 e. The standard InChI is InChI=1S/C19H22N4O2S/c24-18(15-5-13-26-14-15)22-9-11-23(12-10-22)19(25)16-4-3-6-20-17(16)21-7-1-2-8-21/h3-6,13-14H,1-2,7-12H2. The van der Waals surface area contributed by atoms with Gasteiger partial charge in [-0.15, -0.1) is 0 Å². The van der Waals surface area contributed by atoms with Gasteiger partial charge in [-0.05, 0) is 36.4 Å². The van der Waals surface area contributed by atoms with Crippen molar-refractivity contribution in [1.29, 1.82) is 0 Å². The number of anilines is 1. The quantitative estimate of drug-likeness (QED) is 0.832. The minimum atomic E-state index is 0.0163. The third-order valence-electron chi connectivity index (χ3n) is 5.04. The van der Waals surface area contributed by atoms with Crippen LogP contribution in [-0.4, -0.2) is 65.9 Å². The molecule has 26 heavy (non-hydrogen) atoms. The molecule has 0 aliphatic carbocycles. The van der Waals surface area contributed by atoms with E-state index in [1.165, 1.54) is 11.3 Å². The molecule has 2 aromatic rings. The van der Waals surface area contributed by atoms with Crippen LogP contribution < -0.4 is 4.90 Å². The second-order valence-electron chi connectivity index (χ2n) is 6.67. The summed E-state index contributed by atoms with van der Waals surface area (Å²) in [5, 5.41) is 3.78. The molecule has 136 valence electrons. The molecule has 0 bridgehead atoms. The van der Waals surface area contributed by atoms with Gasteiger partial charge in [0.1, 0.15) is 5.82 Å².